The normalized spacial score (nSPS) is 12.8. The summed E-state index contributed by atoms with van der Waals surface area (Å²) < 4.78 is 24.3. The highest BCUT2D eigenvalue weighted by Gasteiger charge is 2.43. The SMILES string of the molecule is CCCCCCCCCCCCCCCCCCCCCC(=O)OC[C@H](OC(=O)CCCCCCCCCCCCCCCCCCCCC)[C@@H](OC(=O)CCCCCCCCCCCCCCCCCCCCC)[C@H](OC(=O)CCCCCCCCCCCCCCCCCCCCC)[C@H](O)CO. The number of aliphatic hydroxyl groups excluding tert-OH is 2. The van der Waals surface area contributed by atoms with Gasteiger partial charge in [-0.05, 0) is 25.7 Å². The molecule has 2 N–H and O–H groups in total. The summed E-state index contributed by atoms with van der Waals surface area (Å²) in [5.41, 5.74) is 0. The number of carbonyl (C=O) groups is 4. The first-order valence-electron chi connectivity index (χ1n) is 47.3. The third kappa shape index (κ3) is 76.6. The highest BCUT2D eigenvalue weighted by atomic mass is 16.6. The molecule has 10 nitrogen and oxygen atoms in total. The van der Waals surface area contributed by atoms with Gasteiger partial charge in [-0.2, -0.15) is 0 Å². The summed E-state index contributed by atoms with van der Waals surface area (Å²) >= 11 is 0. The van der Waals surface area contributed by atoms with Crippen molar-refractivity contribution in [1.82, 2.24) is 0 Å². The smallest absolute Gasteiger partial charge is 0.306 e. The van der Waals surface area contributed by atoms with E-state index in [0.29, 0.717) is 25.7 Å². The zero-order valence-electron chi connectivity index (χ0n) is 70.5. The predicted molar refractivity (Wildman–Crippen MR) is 446 cm³/mol. The van der Waals surface area contributed by atoms with Crippen LogP contribution in [-0.4, -0.2) is 71.7 Å². The van der Waals surface area contributed by atoms with E-state index >= 15 is 0 Å². The van der Waals surface area contributed by atoms with Gasteiger partial charge >= 0.3 is 23.9 Å². The van der Waals surface area contributed by atoms with E-state index in [4.69, 9.17) is 18.9 Å². The molecule has 0 aliphatic heterocycles. The van der Waals surface area contributed by atoms with Crippen LogP contribution < -0.4 is 0 Å². The van der Waals surface area contributed by atoms with Crippen molar-refractivity contribution in [1.29, 1.82) is 0 Å². The lowest BCUT2D eigenvalue weighted by Gasteiger charge is -2.34. The predicted octanol–water partition coefficient (Wildman–Crippen LogP) is 29.9. The van der Waals surface area contributed by atoms with Crippen LogP contribution >= 0.6 is 0 Å². The van der Waals surface area contributed by atoms with E-state index < -0.39 is 61.5 Å². The molecule has 0 aromatic rings. The van der Waals surface area contributed by atoms with Crippen LogP contribution in [0.3, 0.4) is 0 Å². The minimum atomic E-state index is -1.65. The number of ether oxygens (including phenoxy) is 4. The van der Waals surface area contributed by atoms with E-state index in [-0.39, 0.29) is 25.7 Å². The van der Waals surface area contributed by atoms with Gasteiger partial charge in [0.1, 0.15) is 12.7 Å². The van der Waals surface area contributed by atoms with Crippen molar-refractivity contribution >= 4 is 23.9 Å². The third-order valence-electron chi connectivity index (χ3n) is 22.4. The van der Waals surface area contributed by atoms with Gasteiger partial charge in [-0.3, -0.25) is 19.2 Å². The molecular formula is C94H182O10. The van der Waals surface area contributed by atoms with E-state index in [1.807, 2.05) is 0 Å². The van der Waals surface area contributed by atoms with Crippen LogP contribution in [-0.2, 0) is 38.1 Å². The van der Waals surface area contributed by atoms with Gasteiger partial charge < -0.3 is 29.2 Å². The molecule has 0 aliphatic rings. The molecule has 0 unspecified atom stereocenters. The first-order chi connectivity index (χ1) is 51.2. The fourth-order valence-electron chi connectivity index (χ4n) is 15.3. The van der Waals surface area contributed by atoms with Crippen molar-refractivity contribution in [3.05, 3.63) is 0 Å². The van der Waals surface area contributed by atoms with Crippen molar-refractivity contribution in [2.24, 2.45) is 0 Å². The first-order valence-corrected chi connectivity index (χ1v) is 47.3. The average Bonchev–Trinajstić information content (AvgIpc) is 0.836. The van der Waals surface area contributed by atoms with Crippen LogP contribution in [0.25, 0.3) is 0 Å². The molecule has 104 heavy (non-hydrogen) atoms. The Morgan fingerprint density at radius 3 is 0.548 bits per heavy atom. The second kappa shape index (κ2) is 86.4. The van der Waals surface area contributed by atoms with E-state index in [1.165, 1.54) is 385 Å². The van der Waals surface area contributed by atoms with Crippen LogP contribution in [0.15, 0.2) is 0 Å². The molecule has 0 bridgehead atoms. The number of carbonyl (C=O) groups excluding carboxylic acids is 4. The molecule has 0 rings (SSSR count). The van der Waals surface area contributed by atoms with E-state index in [1.54, 1.807) is 0 Å². The van der Waals surface area contributed by atoms with E-state index in [2.05, 4.69) is 27.7 Å². The molecule has 10 heteroatoms. The molecule has 0 aromatic carbocycles. The highest BCUT2D eigenvalue weighted by molar-refractivity contribution is 5.72. The highest BCUT2D eigenvalue weighted by Crippen LogP contribution is 2.25. The summed E-state index contributed by atoms with van der Waals surface area (Å²) in [4.78, 5) is 55.4. The molecule has 618 valence electrons. The minimum absolute atomic E-state index is 0.0871. The number of aliphatic hydroxyl groups is 2. The quantitative estimate of drug-likeness (QED) is 0.0343. The molecule has 0 amide bonds. The van der Waals surface area contributed by atoms with Crippen molar-refractivity contribution < 1.29 is 48.3 Å². The van der Waals surface area contributed by atoms with Gasteiger partial charge in [-0.25, -0.2) is 0 Å². The summed E-state index contributed by atoms with van der Waals surface area (Å²) in [6, 6.07) is 0. The number of unbranched alkanes of at least 4 members (excludes halogenated alkanes) is 72. The summed E-state index contributed by atoms with van der Waals surface area (Å²) in [6.07, 6.45) is 89.5. The number of hydrogen-bond acceptors (Lipinski definition) is 10. The lowest BCUT2D eigenvalue weighted by molar-refractivity contribution is -0.202. The molecule has 0 aromatic heterocycles. The lowest BCUT2D eigenvalue weighted by atomic mass is 10.0. The van der Waals surface area contributed by atoms with Gasteiger partial charge in [0.15, 0.2) is 18.3 Å². The fraction of sp³-hybridized carbons (Fsp3) is 0.957. The average molecular weight is 1470 g/mol. The van der Waals surface area contributed by atoms with Gasteiger partial charge in [0.05, 0.1) is 6.61 Å². The van der Waals surface area contributed by atoms with Gasteiger partial charge in [0.25, 0.3) is 0 Å². The Bertz CT molecular complexity index is 1720. The molecule has 0 heterocycles. The summed E-state index contributed by atoms with van der Waals surface area (Å²) in [5, 5.41) is 22.1. The van der Waals surface area contributed by atoms with Crippen LogP contribution in [0.4, 0.5) is 0 Å². The van der Waals surface area contributed by atoms with Crippen molar-refractivity contribution in [3.8, 4) is 0 Å². The molecule has 4 atom stereocenters. The maximum atomic E-state index is 14.0. The molecule has 0 radical (unpaired) electrons. The molecular weight excluding hydrogens is 1290 g/mol. The number of hydrogen-bond donors (Lipinski definition) is 2. The Hall–Kier alpha value is -2.20. The molecule has 0 aliphatic carbocycles. The van der Waals surface area contributed by atoms with Gasteiger partial charge in [0, 0.05) is 25.7 Å². The number of esters is 4. The third-order valence-corrected chi connectivity index (χ3v) is 22.4. The maximum absolute atomic E-state index is 14.0. The zero-order valence-corrected chi connectivity index (χ0v) is 70.5. The Morgan fingerprint density at radius 1 is 0.212 bits per heavy atom. The summed E-state index contributed by atoms with van der Waals surface area (Å²) in [6.45, 7) is 7.90. The zero-order chi connectivity index (χ0) is 75.4. The summed E-state index contributed by atoms with van der Waals surface area (Å²) in [7, 11) is 0. The first kappa shape index (κ1) is 102. The summed E-state index contributed by atoms with van der Waals surface area (Å²) in [5.74, 6) is -2.15. The second-order valence-corrected chi connectivity index (χ2v) is 32.8. The molecule has 0 fully saturated rings. The van der Waals surface area contributed by atoms with Crippen molar-refractivity contribution in [2.75, 3.05) is 13.2 Å². The monoisotopic (exact) mass is 1470 g/mol. The van der Waals surface area contributed by atoms with Crippen molar-refractivity contribution in [2.45, 2.75) is 566 Å². The standard InChI is InChI=1S/C94H182O10/c1-5-9-13-17-21-25-29-33-37-41-45-49-53-57-61-65-69-73-77-81-89(97)101-86-88(102-90(98)82-78-74-70-66-62-58-54-50-46-42-38-34-30-26-22-18-14-10-6-2)94(104-92(100)84-80-76-72-68-64-60-56-52-48-44-40-36-32-28-24-20-16-12-8-4)93(87(96)85-95)103-91(99)83-79-75-71-67-63-59-55-51-47-43-39-35-31-27-23-19-15-11-7-3/h87-88,93-96H,5-86H2,1-4H3/t87-,88+,93-,94-/m1/s1. The molecule has 0 saturated carbocycles. The Kier molecular flexibility index (Phi) is 84.6. The molecule has 0 spiro atoms. The van der Waals surface area contributed by atoms with Gasteiger partial charge in [0.2, 0.25) is 0 Å². The maximum Gasteiger partial charge on any atom is 0.306 e. The van der Waals surface area contributed by atoms with Crippen molar-refractivity contribution in [3.63, 3.8) is 0 Å². The van der Waals surface area contributed by atoms with Crippen LogP contribution in [0.1, 0.15) is 541 Å². The Balaban J connectivity index is 5.71. The van der Waals surface area contributed by atoms with E-state index in [9.17, 15) is 29.4 Å². The second-order valence-electron chi connectivity index (χ2n) is 32.8. The fourth-order valence-corrected chi connectivity index (χ4v) is 15.3. The van der Waals surface area contributed by atoms with Crippen LogP contribution in [0, 0.1) is 0 Å². The van der Waals surface area contributed by atoms with Crippen LogP contribution in [0.2, 0.25) is 0 Å². The Morgan fingerprint density at radius 2 is 0.365 bits per heavy atom. The van der Waals surface area contributed by atoms with Gasteiger partial charge in [-0.15, -0.1) is 0 Å². The largest absolute Gasteiger partial charge is 0.462 e. The lowest BCUT2D eigenvalue weighted by Crippen LogP contribution is -2.53. The van der Waals surface area contributed by atoms with Crippen LogP contribution in [0.5, 0.6) is 0 Å². The van der Waals surface area contributed by atoms with E-state index in [0.717, 1.165) is 77.0 Å². The number of rotatable bonds is 89. The Labute approximate surface area is 647 Å². The minimum Gasteiger partial charge on any atom is -0.462 e. The topological polar surface area (TPSA) is 146 Å². The molecule has 0 saturated heterocycles. The van der Waals surface area contributed by atoms with Gasteiger partial charge in [-0.1, -0.05) is 490 Å².